The largest absolute Gasteiger partial charge is 0.483 e. The number of carbonyl (C=O) groups excluding carboxylic acids is 2. The lowest BCUT2D eigenvalue weighted by Gasteiger charge is -2.31. The van der Waals surface area contributed by atoms with E-state index in [0.717, 1.165) is 21.9 Å². The van der Waals surface area contributed by atoms with Crippen LogP contribution in [0.2, 0.25) is 0 Å². The molecule has 0 aliphatic heterocycles. The minimum absolute atomic E-state index is 0.143. The van der Waals surface area contributed by atoms with Gasteiger partial charge in [0.05, 0.1) is 0 Å². The van der Waals surface area contributed by atoms with Crippen LogP contribution in [0.1, 0.15) is 25.0 Å². The number of hydrogen-bond donors (Lipinski definition) is 1. The number of rotatable bonds is 11. The highest BCUT2D eigenvalue weighted by atomic mass is 19.1. The van der Waals surface area contributed by atoms with Gasteiger partial charge in [-0.1, -0.05) is 92.7 Å². The first kappa shape index (κ1) is 26.9. The van der Waals surface area contributed by atoms with Crippen molar-refractivity contribution in [1.82, 2.24) is 10.2 Å². The number of fused-ring (bicyclic) bond motifs is 1. The number of ether oxygens (including phenoxy) is 1. The van der Waals surface area contributed by atoms with Crippen molar-refractivity contribution in [3.8, 4) is 5.75 Å². The molecule has 38 heavy (non-hydrogen) atoms. The predicted octanol–water partition coefficient (Wildman–Crippen LogP) is 5.77. The summed E-state index contributed by atoms with van der Waals surface area (Å²) >= 11 is 0. The van der Waals surface area contributed by atoms with Gasteiger partial charge in [0.1, 0.15) is 17.6 Å². The third-order valence-corrected chi connectivity index (χ3v) is 6.32. The molecule has 1 atom stereocenters. The van der Waals surface area contributed by atoms with Crippen molar-refractivity contribution in [2.75, 3.05) is 13.2 Å². The highest BCUT2D eigenvalue weighted by Gasteiger charge is 2.30. The Morgan fingerprint density at radius 1 is 0.842 bits per heavy atom. The molecule has 1 unspecified atom stereocenters. The van der Waals surface area contributed by atoms with Gasteiger partial charge in [-0.25, -0.2) is 4.39 Å². The van der Waals surface area contributed by atoms with Crippen LogP contribution in [-0.2, 0) is 22.6 Å². The van der Waals surface area contributed by atoms with Crippen LogP contribution in [0.5, 0.6) is 5.75 Å². The maximum absolute atomic E-state index is 13.7. The lowest BCUT2D eigenvalue weighted by Crippen LogP contribution is -2.52. The summed E-state index contributed by atoms with van der Waals surface area (Å²) in [6.45, 7) is 4.44. The zero-order valence-corrected chi connectivity index (χ0v) is 21.8. The molecule has 2 amide bonds. The summed E-state index contributed by atoms with van der Waals surface area (Å²) in [5.41, 5.74) is 1.66. The Hall–Kier alpha value is -4.19. The molecule has 4 rings (SSSR count). The molecule has 0 heterocycles. The number of carbonyl (C=O) groups is 2. The van der Waals surface area contributed by atoms with Crippen LogP contribution in [0.25, 0.3) is 10.8 Å². The lowest BCUT2D eigenvalue weighted by atomic mass is 10.0. The Bertz CT molecular complexity index is 1350. The van der Waals surface area contributed by atoms with Crippen molar-refractivity contribution in [1.29, 1.82) is 0 Å². The fourth-order valence-electron chi connectivity index (χ4n) is 4.31. The van der Waals surface area contributed by atoms with E-state index in [2.05, 4.69) is 5.32 Å². The van der Waals surface area contributed by atoms with Crippen molar-refractivity contribution < 1.29 is 18.7 Å². The van der Waals surface area contributed by atoms with E-state index in [0.29, 0.717) is 18.7 Å². The SMILES string of the molecule is CC(C)CNC(=O)C(Cc1ccccc1)N(Cc1ccc(F)cc1)C(=O)COc1cccc2ccccc12. The molecule has 4 aromatic carbocycles. The number of nitrogens with zero attached hydrogens (tertiary/aromatic N) is 1. The third kappa shape index (κ3) is 7.19. The van der Waals surface area contributed by atoms with Gasteiger partial charge in [-0.2, -0.15) is 0 Å². The van der Waals surface area contributed by atoms with Crippen LogP contribution in [0.3, 0.4) is 0 Å². The van der Waals surface area contributed by atoms with Gasteiger partial charge < -0.3 is 15.0 Å². The van der Waals surface area contributed by atoms with Crippen molar-refractivity contribution in [3.05, 3.63) is 114 Å². The van der Waals surface area contributed by atoms with Crippen LogP contribution in [0.4, 0.5) is 4.39 Å². The number of benzene rings is 4. The highest BCUT2D eigenvalue weighted by molar-refractivity contribution is 5.90. The summed E-state index contributed by atoms with van der Waals surface area (Å²) in [6.07, 6.45) is 0.339. The molecule has 1 N–H and O–H groups in total. The zero-order chi connectivity index (χ0) is 26.9. The Morgan fingerprint density at radius 3 is 2.26 bits per heavy atom. The summed E-state index contributed by atoms with van der Waals surface area (Å²) in [4.78, 5) is 28.8. The van der Waals surface area contributed by atoms with Gasteiger partial charge in [0.25, 0.3) is 5.91 Å². The van der Waals surface area contributed by atoms with E-state index in [1.54, 1.807) is 17.0 Å². The molecule has 0 saturated heterocycles. The minimum Gasteiger partial charge on any atom is -0.483 e. The number of hydrogen-bond acceptors (Lipinski definition) is 3. The van der Waals surface area contributed by atoms with Crippen LogP contribution in [0, 0.1) is 11.7 Å². The maximum atomic E-state index is 13.7. The monoisotopic (exact) mass is 512 g/mol. The molecule has 0 aliphatic carbocycles. The summed E-state index contributed by atoms with van der Waals surface area (Å²) in [6, 6.07) is 28.3. The maximum Gasteiger partial charge on any atom is 0.261 e. The smallest absolute Gasteiger partial charge is 0.261 e. The van der Waals surface area contributed by atoms with Crippen LogP contribution in [-0.4, -0.2) is 35.9 Å². The minimum atomic E-state index is -0.773. The second-order valence-electron chi connectivity index (χ2n) is 9.76. The molecule has 0 bridgehead atoms. The van der Waals surface area contributed by atoms with Crippen LogP contribution >= 0.6 is 0 Å². The fraction of sp³-hybridized carbons (Fsp3) is 0.250. The summed E-state index contributed by atoms with van der Waals surface area (Å²) < 4.78 is 19.6. The molecule has 0 spiro atoms. The highest BCUT2D eigenvalue weighted by Crippen LogP contribution is 2.25. The summed E-state index contributed by atoms with van der Waals surface area (Å²) in [7, 11) is 0. The van der Waals surface area contributed by atoms with Gasteiger partial charge in [0, 0.05) is 24.9 Å². The van der Waals surface area contributed by atoms with Crippen LogP contribution < -0.4 is 10.1 Å². The molecule has 0 aliphatic rings. The summed E-state index contributed by atoms with van der Waals surface area (Å²) in [5, 5.41) is 4.91. The molecular formula is C32H33FN2O3. The van der Waals surface area contributed by atoms with Crippen LogP contribution in [0.15, 0.2) is 97.1 Å². The van der Waals surface area contributed by atoms with Crippen molar-refractivity contribution in [3.63, 3.8) is 0 Å². The molecule has 0 fully saturated rings. The number of amides is 2. The van der Waals surface area contributed by atoms with Crippen molar-refractivity contribution >= 4 is 22.6 Å². The molecule has 0 radical (unpaired) electrons. The van der Waals surface area contributed by atoms with E-state index >= 15 is 0 Å². The van der Waals surface area contributed by atoms with Gasteiger partial charge in [-0.05, 0) is 40.6 Å². The lowest BCUT2D eigenvalue weighted by molar-refractivity contribution is -0.142. The Morgan fingerprint density at radius 2 is 1.53 bits per heavy atom. The average molecular weight is 513 g/mol. The van der Waals surface area contributed by atoms with Crippen molar-refractivity contribution in [2.45, 2.75) is 32.9 Å². The van der Waals surface area contributed by atoms with E-state index in [1.807, 2.05) is 86.6 Å². The Balaban J connectivity index is 1.63. The Kier molecular flexibility index (Phi) is 9.09. The quantitative estimate of drug-likeness (QED) is 0.278. The van der Waals surface area contributed by atoms with Gasteiger partial charge in [-0.3, -0.25) is 9.59 Å². The first-order valence-electron chi connectivity index (χ1n) is 12.9. The average Bonchev–Trinajstić information content (AvgIpc) is 2.93. The molecule has 196 valence electrons. The number of nitrogens with one attached hydrogen (secondary N) is 1. The van der Waals surface area contributed by atoms with Gasteiger partial charge in [-0.15, -0.1) is 0 Å². The topological polar surface area (TPSA) is 58.6 Å². The standard InChI is InChI=1S/C32H33FN2O3/c1-23(2)20-34-32(37)29(19-24-9-4-3-5-10-24)35(21-25-15-17-27(33)18-16-25)31(36)22-38-30-14-8-12-26-11-6-7-13-28(26)30/h3-18,23,29H,19-22H2,1-2H3,(H,34,37). The second-order valence-corrected chi connectivity index (χ2v) is 9.76. The van der Waals surface area contributed by atoms with E-state index in [4.69, 9.17) is 4.74 Å². The molecule has 0 saturated carbocycles. The number of halogens is 1. The second kappa shape index (κ2) is 12.9. The molecule has 0 aromatic heterocycles. The predicted molar refractivity (Wildman–Crippen MR) is 148 cm³/mol. The molecule has 4 aromatic rings. The molecule has 6 heteroatoms. The van der Waals surface area contributed by atoms with E-state index in [1.165, 1.54) is 12.1 Å². The Labute approximate surface area is 223 Å². The molecule has 5 nitrogen and oxygen atoms in total. The van der Waals surface area contributed by atoms with E-state index < -0.39 is 6.04 Å². The molecular weight excluding hydrogens is 479 g/mol. The fourth-order valence-corrected chi connectivity index (χ4v) is 4.31. The zero-order valence-electron chi connectivity index (χ0n) is 21.8. The normalized spacial score (nSPS) is 11.8. The first-order valence-corrected chi connectivity index (χ1v) is 12.9. The van der Waals surface area contributed by atoms with E-state index in [9.17, 15) is 14.0 Å². The van der Waals surface area contributed by atoms with Gasteiger partial charge >= 0.3 is 0 Å². The van der Waals surface area contributed by atoms with Gasteiger partial charge in [0.15, 0.2) is 6.61 Å². The third-order valence-electron chi connectivity index (χ3n) is 6.32. The first-order chi connectivity index (χ1) is 18.4. The van der Waals surface area contributed by atoms with E-state index in [-0.39, 0.29) is 36.7 Å². The summed E-state index contributed by atoms with van der Waals surface area (Å²) in [5.74, 6) is -0.0678. The van der Waals surface area contributed by atoms with Gasteiger partial charge in [0.2, 0.25) is 5.91 Å². The van der Waals surface area contributed by atoms with Crippen molar-refractivity contribution in [2.24, 2.45) is 5.92 Å².